The Morgan fingerprint density at radius 2 is 2.00 bits per heavy atom. The lowest BCUT2D eigenvalue weighted by molar-refractivity contribution is 0.0955. The van der Waals surface area contributed by atoms with Gasteiger partial charge >= 0.3 is 0 Å². The average molecular weight is 323 g/mol. The molecule has 0 spiro atoms. The van der Waals surface area contributed by atoms with E-state index in [1.165, 1.54) is 0 Å². The number of amides is 1. The highest BCUT2D eigenvalue weighted by Crippen LogP contribution is 2.21. The van der Waals surface area contributed by atoms with E-state index >= 15 is 0 Å². The van der Waals surface area contributed by atoms with Gasteiger partial charge < -0.3 is 11.1 Å². The third-order valence-electron chi connectivity index (χ3n) is 3.26. The predicted molar refractivity (Wildman–Crippen MR) is 88.1 cm³/mol. The highest BCUT2D eigenvalue weighted by atomic mass is 35.5. The van der Waals surface area contributed by atoms with Crippen LogP contribution in [0.25, 0.3) is 0 Å². The molecule has 0 unspecified atom stereocenters. The van der Waals surface area contributed by atoms with E-state index in [2.05, 4.69) is 5.32 Å². The zero-order chi connectivity index (χ0) is 15.4. The number of hydrogen-bond donors (Lipinski definition) is 2. The zero-order valence-electron chi connectivity index (χ0n) is 11.6. The molecule has 3 nitrogen and oxygen atoms in total. The third kappa shape index (κ3) is 3.90. The van der Waals surface area contributed by atoms with Crippen LogP contribution in [-0.4, -0.2) is 12.5 Å². The van der Waals surface area contributed by atoms with E-state index < -0.39 is 0 Å². The lowest BCUT2D eigenvalue weighted by Gasteiger charge is -2.10. The first-order valence-electron chi connectivity index (χ1n) is 6.56. The molecule has 0 saturated heterocycles. The Bertz CT molecular complexity index is 671. The van der Waals surface area contributed by atoms with E-state index in [0.717, 1.165) is 11.1 Å². The quantitative estimate of drug-likeness (QED) is 0.840. The van der Waals surface area contributed by atoms with Crippen LogP contribution in [0.4, 0.5) is 5.69 Å². The van der Waals surface area contributed by atoms with Gasteiger partial charge in [-0.15, -0.1) is 0 Å². The lowest BCUT2D eigenvalue weighted by atomic mass is 10.1. The molecular formula is C16H16Cl2N2O. The second-order valence-electron chi connectivity index (χ2n) is 4.78. The fourth-order valence-electron chi connectivity index (χ4n) is 2.01. The molecule has 0 saturated carbocycles. The summed E-state index contributed by atoms with van der Waals surface area (Å²) in [7, 11) is 0. The summed E-state index contributed by atoms with van der Waals surface area (Å²) in [6.45, 7) is 2.35. The maximum absolute atomic E-state index is 12.1. The summed E-state index contributed by atoms with van der Waals surface area (Å²) in [4.78, 5) is 12.1. The summed E-state index contributed by atoms with van der Waals surface area (Å²) in [6.07, 6.45) is 0.632. The Kier molecular flexibility index (Phi) is 5.10. The third-order valence-corrected chi connectivity index (χ3v) is 3.85. The van der Waals surface area contributed by atoms with Gasteiger partial charge in [-0.2, -0.15) is 0 Å². The second-order valence-corrected chi connectivity index (χ2v) is 5.62. The first-order valence-corrected chi connectivity index (χ1v) is 7.32. The first kappa shape index (κ1) is 15.7. The fraction of sp³-hybridized carbons (Fsp3) is 0.188. The molecule has 0 aliphatic carbocycles. The van der Waals surface area contributed by atoms with E-state index in [1.807, 2.05) is 25.1 Å². The number of rotatable bonds is 4. The highest BCUT2D eigenvalue weighted by Gasteiger charge is 2.10. The monoisotopic (exact) mass is 322 g/mol. The second kappa shape index (κ2) is 6.83. The molecule has 0 aliphatic rings. The Hall–Kier alpha value is -1.71. The number of nitrogens with two attached hydrogens (primary N) is 1. The minimum Gasteiger partial charge on any atom is -0.398 e. The number of hydrogen-bond acceptors (Lipinski definition) is 2. The van der Waals surface area contributed by atoms with Crippen LogP contribution in [0.1, 0.15) is 21.5 Å². The zero-order valence-corrected chi connectivity index (χ0v) is 13.1. The number of nitrogens with one attached hydrogen (secondary N) is 1. The molecule has 3 N–H and O–H groups in total. The molecule has 0 heterocycles. The van der Waals surface area contributed by atoms with Crippen LogP contribution in [0.2, 0.25) is 10.0 Å². The van der Waals surface area contributed by atoms with Crippen LogP contribution < -0.4 is 11.1 Å². The van der Waals surface area contributed by atoms with Gasteiger partial charge in [-0.3, -0.25) is 4.79 Å². The van der Waals surface area contributed by atoms with Crippen molar-refractivity contribution in [3.63, 3.8) is 0 Å². The molecular weight excluding hydrogens is 307 g/mol. The van der Waals surface area contributed by atoms with E-state index in [1.54, 1.807) is 18.2 Å². The largest absolute Gasteiger partial charge is 0.398 e. The molecule has 0 aliphatic heterocycles. The molecule has 21 heavy (non-hydrogen) atoms. The molecule has 2 aromatic carbocycles. The molecule has 0 atom stereocenters. The standard InChI is InChI=1S/C16H16Cl2N2O/c1-10-3-2-4-13(15(10)19)16(21)20-8-7-11-5-6-12(17)9-14(11)18/h2-6,9H,7-8,19H2,1H3,(H,20,21). The molecule has 1 amide bonds. The van der Waals surface area contributed by atoms with E-state index in [9.17, 15) is 4.79 Å². The van der Waals surface area contributed by atoms with Crippen LogP contribution in [0.15, 0.2) is 36.4 Å². The van der Waals surface area contributed by atoms with Gasteiger partial charge in [0.15, 0.2) is 0 Å². The SMILES string of the molecule is Cc1cccc(C(=O)NCCc2ccc(Cl)cc2Cl)c1N. The molecule has 2 aromatic rings. The predicted octanol–water partition coefficient (Wildman–Crippen LogP) is 3.86. The van der Waals surface area contributed by atoms with Gasteiger partial charge in [0.1, 0.15) is 0 Å². The minimum absolute atomic E-state index is 0.179. The van der Waals surface area contributed by atoms with Gasteiger partial charge in [-0.25, -0.2) is 0 Å². The van der Waals surface area contributed by atoms with Gasteiger partial charge in [0.2, 0.25) is 0 Å². The van der Waals surface area contributed by atoms with Gasteiger partial charge in [0, 0.05) is 22.3 Å². The Morgan fingerprint density at radius 3 is 2.71 bits per heavy atom. The molecule has 0 fully saturated rings. The van der Waals surface area contributed by atoms with Crippen molar-refractivity contribution in [2.24, 2.45) is 0 Å². The number of nitrogen functional groups attached to an aromatic ring is 1. The Labute approximate surface area is 134 Å². The van der Waals surface area contributed by atoms with Crippen molar-refractivity contribution in [3.05, 3.63) is 63.1 Å². The smallest absolute Gasteiger partial charge is 0.253 e. The maximum atomic E-state index is 12.1. The number of aryl methyl sites for hydroxylation is 1. The summed E-state index contributed by atoms with van der Waals surface area (Å²) >= 11 is 11.9. The average Bonchev–Trinajstić information content (AvgIpc) is 2.44. The molecule has 0 aromatic heterocycles. The maximum Gasteiger partial charge on any atom is 0.253 e. The summed E-state index contributed by atoms with van der Waals surface area (Å²) in [6, 6.07) is 10.7. The van der Waals surface area contributed by atoms with Crippen LogP contribution >= 0.6 is 23.2 Å². The van der Waals surface area contributed by atoms with Crippen molar-refractivity contribution < 1.29 is 4.79 Å². The Morgan fingerprint density at radius 1 is 1.24 bits per heavy atom. The van der Waals surface area contributed by atoms with Crippen molar-refractivity contribution in [3.8, 4) is 0 Å². The van der Waals surface area contributed by atoms with Crippen LogP contribution in [0.5, 0.6) is 0 Å². The number of anilines is 1. The highest BCUT2D eigenvalue weighted by molar-refractivity contribution is 6.35. The van der Waals surface area contributed by atoms with Crippen molar-refractivity contribution in [1.29, 1.82) is 0 Å². The molecule has 110 valence electrons. The molecule has 2 rings (SSSR count). The summed E-state index contributed by atoms with van der Waals surface area (Å²) in [5, 5.41) is 4.05. The van der Waals surface area contributed by atoms with Crippen molar-refractivity contribution in [2.45, 2.75) is 13.3 Å². The van der Waals surface area contributed by atoms with Crippen LogP contribution in [0.3, 0.4) is 0 Å². The number of para-hydroxylation sites is 1. The molecule has 0 bridgehead atoms. The number of carbonyl (C=O) groups excluding carboxylic acids is 1. The summed E-state index contributed by atoms with van der Waals surface area (Å²) < 4.78 is 0. The fourth-order valence-corrected chi connectivity index (χ4v) is 2.51. The minimum atomic E-state index is -0.179. The van der Waals surface area contributed by atoms with E-state index in [4.69, 9.17) is 28.9 Å². The lowest BCUT2D eigenvalue weighted by Crippen LogP contribution is -2.26. The van der Waals surface area contributed by atoms with Crippen LogP contribution in [0, 0.1) is 6.92 Å². The topological polar surface area (TPSA) is 55.1 Å². The Balaban J connectivity index is 1.97. The molecule has 5 heteroatoms. The first-order chi connectivity index (χ1) is 9.99. The summed E-state index contributed by atoms with van der Waals surface area (Å²) in [5.41, 5.74) is 8.76. The van der Waals surface area contributed by atoms with Crippen molar-refractivity contribution >= 4 is 34.8 Å². The molecule has 0 radical (unpaired) electrons. The summed E-state index contributed by atoms with van der Waals surface area (Å²) in [5.74, 6) is -0.179. The number of carbonyl (C=O) groups is 1. The van der Waals surface area contributed by atoms with Gasteiger partial charge in [-0.1, -0.05) is 41.4 Å². The van der Waals surface area contributed by atoms with E-state index in [-0.39, 0.29) is 5.91 Å². The van der Waals surface area contributed by atoms with Crippen molar-refractivity contribution in [1.82, 2.24) is 5.32 Å². The van der Waals surface area contributed by atoms with Crippen LogP contribution in [-0.2, 0) is 6.42 Å². The van der Waals surface area contributed by atoms with Gasteiger partial charge in [-0.05, 0) is 42.7 Å². The van der Waals surface area contributed by atoms with Gasteiger partial charge in [0.05, 0.1) is 5.56 Å². The normalized spacial score (nSPS) is 10.4. The van der Waals surface area contributed by atoms with E-state index in [0.29, 0.717) is 34.3 Å². The number of halogens is 2. The van der Waals surface area contributed by atoms with Gasteiger partial charge in [0.25, 0.3) is 5.91 Å². The number of benzene rings is 2. The van der Waals surface area contributed by atoms with Crippen molar-refractivity contribution in [2.75, 3.05) is 12.3 Å².